The maximum Gasteiger partial charge on any atom is 0.326 e. The number of nitrogens with one attached hydrogen (secondary N) is 1. The first kappa shape index (κ1) is 15.1. The smallest absolute Gasteiger partial charge is 0.326 e. The van der Waals surface area contributed by atoms with Crippen LogP contribution in [0, 0.1) is 0 Å². The highest BCUT2D eigenvalue weighted by atomic mass is 16.5. The normalized spacial score (nSPS) is 19.3. The minimum Gasteiger partial charge on any atom is -0.480 e. The van der Waals surface area contributed by atoms with E-state index in [4.69, 9.17) is 4.74 Å². The third-order valence-corrected chi connectivity index (χ3v) is 3.94. The van der Waals surface area contributed by atoms with Gasteiger partial charge in [-0.05, 0) is 23.6 Å². The molecule has 2 N–H and O–H groups in total. The highest BCUT2D eigenvalue weighted by molar-refractivity contribution is 5.86. The summed E-state index contributed by atoms with van der Waals surface area (Å²) >= 11 is 0. The van der Waals surface area contributed by atoms with E-state index in [9.17, 15) is 14.7 Å². The fraction of sp³-hybridized carbons (Fsp3) is 0.222. The van der Waals surface area contributed by atoms with Crippen LogP contribution < -0.4 is 5.32 Å². The third-order valence-electron chi connectivity index (χ3n) is 3.94. The number of ether oxygens (including phenoxy) is 1. The van der Waals surface area contributed by atoms with Crippen molar-refractivity contribution < 1.29 is 19.4 Å². The Morgan fingerprint density at radius 2 is 1.78 bits per heavy atom. The molecule has 3 rings (SSSR count). The van der Waals surface area contributed by atoms with E-state index >= 15 is 0 Å². The first-order chi connectivity index (χ1) is 11.1. The quantitative estimate of drug-likeness (QED) is 0.849. The van der Waals surface area contributed by atoms with E-state index in [2.05, 4.69) is 5.32 Å². The minimum atomic E-state index is -0.972. The summed E-state index contributed by atoms with van der Waals surface area (Å²) in [5.41, 5.74) is 2.36. The van der Waals surface area contributed by atoms with Gasteiger partial charge in [0.25, 0.3) is 0 Å². The van der Waals surface area contributed by atoms with Gasteiger partial charge in [0.15, 0.2) is 0 Å². The predicted octanol–water partition coefficient (Wildman–Crippen LogP) is 2.78. The number of rotatable bonds is 4. The number of para-hydroxylation sites is 1. The second-order valence-electron chi connectivity index (χ2n) is 5.50. The molecule has 0 amide bonds. The van der Waals surface area contributed by atoms with Crippen molar-refractivity contribution in [3.05, 3.63) is 65.7 Å². The van der Waals surface area contributed by atoms with Gasteiger partial charge in [-0.2, -0.15) is 0 Å². The highest BCUT2D eigenvalue weighted by Gasteiger charge is 2.35. The Labute approximate surface area is 133 Å². The van der Waals surface area contributed by atoms with Crippen LogP contribution in [-0.4, -0.2) is 23.1 Å². The van der Waals surface area contributed by atoms with Crippen LogP contribution in [0.1, 0.15) is 23.5 Å². The van der Waals surface area contributed by atoms with Crippen LogP contribution in [0.25, 0.3) is 0 Å². The van der Waals surface area contributed by atoms with Gasteiger partial charge in [0.05, 0.1) is 5.92 Å². The fourth-order valence-electron chi connectivity index (χ4n) is 2.76. The predicted molar refractivity (Wildman–Crippen MR) is 85.1 cm³/mol. The number of fused-ring (bicyclic) bond motifs is 1. The molecule has 0 spiro atoms. The summed E-state index contributed by atoms with van der Waals surface area (Å²) in [6, 6.07) is 15.9. The molecule has 0 saturated heterocycles. The van der Waals surface area contributed by atoms with Crippen molar-refractivity contribution in [3.63, 3.8) is 0 Å². The zero-order valence-electron chi connectivity index (χ0n) is 12.4. The summed E-state index contributed by atoms with van der Waals surface area (Å²) < 4.78 is 5.39. The molecule has 0 aliphatic carbocycles. The van der Waals surface area contributed by atoms with Crippen LogP contribution in [0.3, 0.4) is 0 Å². The van der Waals surface area contributed by atoms with E-state index in [1.165, 1.54) is 0 Å². The SMILES string of the molecule is O=C(O)C1CC(C(=O)OCc2ccccc2)c2ccccc2N1. The Balaban J connectivity index is 1.77. The molecule has 23 heavy (non-hydrogen) atoms. The lowest BCUT2D eigenvalue weighted by Gasteiger charge is -2.29. The van der Waals surface area contributed by atoms with Crippen LogP contribution in [0.2, 0.25) is 0 Å². The number of carbonyl (C=O) groups excluding carboxylic acids is 1. The van der Waals surface area contributed by atoms with E-state index < -0.39 is 23.9 Å². The molecule has 2 unspecified atom stereocenters. The van der Waals surface area contributed by atoms with E-state index in [0.29, 0.717) is 5.69 Å². The Kier molecular flexibility index (Phi) is 4.28. The van der Waals surface area contributed by atoms with E-state index in [-0.39, 0.29) is 13.0 Å². The second-order valence-corrected chi connectivity index (χ2v) is 5.50. The average molecular weight is 311 g/mol. The molecule has 0 saturated carbocycles. The molecule has 0 fully saturated rings. The second kappa shape index (κ2) is 6.52. The summed E-state index contributed by atoms with van der Waals surface area (Å²) in [5.74, 6) is -1.94. The molecule has 0 aromatic heterocycles. The van der Waals surface area contributed by atoms with Gasteiger partial charge in [-0.15, -0.1) is 0 Å². The summed E-state index contributed by atoms with van der Waals surface area (Å²) in [4.78, 5) is 23.8. The van der Waals surface area contributed by atoms with Gasteiger partial charge in [-0.1, -0.05) is 48.5 Å². The van der Waals surface area contributed by atoms with Crippen molar-refractivity contribution in [2.45, 2.75) is 25.0 Å². The van der Waals surface area contributed by atoms with Gasteiger partial charge in [0.2, 0.25) is 0 Å². The van der Waals surface area contributed by atoms with Crippen molar-refractivity contribution in [1.82, 2.24) is 0 Å². The van der Waals surface area contributed by atoms with Gasteiger partial charge >= 0.3 is 11.9 Å². The molecule has 1 heterocycles. The first-order valence-corrected chi connectivity index (χ1v) is 7.44. The van der Waals surface area contributed by atoms with Crippen LogP contribution in [0.5, 0.6) is 0 Å². The monoisotopic (exact) mass is 311 g/mol. The molecule has 1 aliphatic rings. The van der Waals surface area contributed by atoms with Crippen molar-refractivity contribution >= 4 is 17.6 Å². The van der Waals surface area contributed by atoms with Gasteiger partial charge in [-0.25, -0.2) is 4.79 Å². The Morgan fingerprint density at radius 3 is 2.52 bits per heavy atom. The zero-order valence-corrected chi connectivity index (χ0v) is 12.4. The lowest BCUT2D eigenvalue weighted by molar-refractivity contribution is -0.147. The molecule has 2 aromatic carbocycles. The number of benzene rings is 2. The van der Waals surface area contributed by atoms with Gasteiger partial charge in [0, 0.05) is 5.69 Å². The van der Waals surface area contributed by atoms with E-state index in [0.717, 1.165) is 11.1 Å². The number of carboxylic acids is 1. The Hall–Kier alpha value is -2.82. The summed E-state index contributed by atoms with van der Waals surface area (Å²) in [7, 11) is 0. The third kappa shape index (κ3) is 3.34. The van der Waals surface area contributed by atoms with Crippen LogP contribution in [-0.2, 0) is 20.9 Å². The van der Waals surface area contributed by atoms with Crippen molar-refractivity contribution in [1.29, 1.82) is 0 Å². The van der Waals surface area contributed by atoms with E-state index in [1.54, 1.807) is 6.07 Å². The minimum absolute atomic E-state index is 0.181. The maximum absolute atomic E-state index is 12.5. The van der Waals surface area contributed by atoms with Crippen molar-refractivity contribution in [2.24, 2.45) is 0 Å². The van der Waals surface area contributed by atoms with Crippen LogP contribution in [0.4, 0.5) is 5.69 Å². The molecular weight excluding hydrogens is 294 g/mol. The Bertz CT molecular complexity index is 714. The fourth-order valence-corrected chi connectivity index (χ4v) is 2.76. The molecule has 5 heteroatoms. The molecule has 118 valence electrons. The lowest BCUT2D eigenvalue weighted by Crippen LogP contribution is -2.37. The number of aliphatic carboxylic acids is 1. The van der Waals surface area contributed by atoms with Crippen LogP contribution in [0.15, 0.2) is 54.6 Å². The lowest BCUT2D eigenvalue weighted by atomic mass is 9.87. The summed E-state index contributed by atoms with van der Waals surface area (Å²) in [5, 5.41) is 12.2. The molecule has 1 aliphatic heterocycles. The standard InChI is InChI=1S/C18H17NO4/c20-17(21)16-10-14(13-8-4-5-9-15(13)19-16)18(22)23-11-12-6-2-1-3-7-12/h1-9,14,16,19H,10-11H2,(H,20,21). The van der Waals surface area contributed by atoms with E-state index in [1.807, 2.05) is 48.5 Å². The molecule has 5 nitrogen and oxygen atoms in total. The number of hydrogen-bond acceptors (Lipinski definition) is 4. The molecule has 0 bridgehead atoms. The number of anilines is 1. The average Bonchev–Trinajstić information content (AvgIpc) is 2.59. The zero-order chi connectivity index (χ0) is 16.2. The number of hydrogen-bond donors (Lipinski definition) is 2. The highest BCUT2D eigenvalue weighted by Crippen LogP contribution is 2.35. The molecule has 2 atom stereocenters. The van der Waals surface area contributed by atoms with Crippen molar-refractivity contribution in [2.75, 3.05) is 5.32 Å². The van der Waals surface area contributed by atoms with Crippen molar-refractivity contribution in [3.8, 4) is 0 Å². The topological polar surface area (TPSA) is 75.6 Å². The van der Waals surface area contributed by atoms with Gasteiger partial charge in [-0.3, -0.25) is 4.79 Å². The Morgan fingerprint density at radius 1 is 1.09 bits per heavy atom. The number of esters is 1. The number of carboxylic acid groups (broad SMARTS) is 1. The molecular formula is C18H17NO4. The number of carbonyl (C=O) groups is 2. The molecule has 2 aromatic rings. The van der Waals surface area contributed by atoms with Gasteiger partial charge in [0.1, 0.15) is 12.6 Å². The molecule has 0 radical (unpaired) electrons. The summed E-state index contributed by atoms with van der Waals surface area (Å²) in [6.45, 7) is 0.184. The largest absolute Gasteiger partial charge is 0.480 e. The van der Waals surface area contributed by atoms with Gasteiger partial charge < -0.3 is 15.2 Å². The summed E-state index contributed by atoms with van der Waals surface area (Å²) in [6.07, 6.45) is 0.181. The first-order valence-electron chi connectivity index (χ1n) is 7.44. The van der Waals surface area contributed by atoms with Crippen LogP contribution >= 0.6 is 0 Å². The maximum atomic E-state index is 12.5.